The van der Waals surface area contributed by atoms with E-state index in [1.165, 1.54) is 36.8 Å². The molecule has 0 atom stereocenters. The van der Waals surface area contributed by atoms with Crippen molar-refractivity contribution in [3.8, 4) is 33.8 Å². The van der Waals surface area contributed by atoms with Gasteiger partial charge in [0.2, 0.25) is 11.5 Å². The molecule has 0 saturated carbocycles. The summed E-state index contributed by atoms with van der Waals surface area (Å²) in [4.78, 5) is 24.8. The maximum absolute atomic E-state index is 12.4. The van der Waals surface area contributed by atoms with Crippen LogP contribution in [0.4, 0.5) is 0 Å². The van der Waals surface area contributed by atoms with E-state index in [2.05, 4.69) is 0 Å². The molecule has 2 heterocycles. The fourth-order valence-corrected chi connectivity index (χ4v) is 3.34. The number of esters is 2. The largest absolute Gasteiger partial charge is 0.457 e. The molecule has 2 aromatic heterocycles. The molecule has 0 amide bonds. The molecule has 6 nitrogen and oxygen atoms in total. The standard InChI is InChI=1S/C28H18O6/c29-27(25-15-21(17-31-25)19-7-3-1-4-8-19)33-23-11-13-24(14-12-23)34-28(30)26-16-22(18-32-26)20-9-5-2-6-10-20/h1-18H. The van der Waals surface area contributed by atoms with Crippen LogP contribution in [-0.4, -0.2) is 11.9 Å². The molecule has 0 unspecified atom stereocenters. The summed E-state index contributed by atoms with van der Waals surface area (Å²) in [6, 6.07) is 28.5. The summed E-state index contributed by atoms with van der Waals surface area (Å²) < 4.78 is 21.4. The molecule has 166 valence electrons. The first-order valence-electron chi connectivity index (χ1n) is 10.5. The second-order valence-corrected chi connectivity index (χ2v) is 7.38. The van der Waals surface area contributed by atoms with E-state index in [9.17, 15) is 9.59 Å². The van der Waals surface area contributed by atoms with Crippen LogP contribution in [0.5, 0.6) is 11.5 Å². The van der Waals surface area contributed by atoms with E-state index in [4.69, 9.17) is 18.3 Å². The van der Waals surface area contributed by atoms with E-state index in [0.29, 0.717) is 0 Å². The van der Waals surface area contributed by atoms with E-state index in [1.807, 2.05) is 60.7 Å². The topological polar surface area (TPSA) is 78.9 Å². The molecule has 34 heavy (non-hydrogen) atoms. The molecule has 0 N–H and O–H groups in total. The van der Waals surface area contributed by atoms with Crippen molar-refractivity contribution in [1.82, 2.24) is 0 Å². The number of furan rings is 2. The third kappa shape index (κ3) is 4.66. The first-order chi connectivity index (χ1) is 16.7. The van der Waals surface area contributed by atoms with Crippen molar-refractivity contribution in [1.29, 1.82) is 0 Å². The smallest absolute Gasteiger partial charge is 0.379 e. The Balaban J connectivity index is 1.20. The monoisotopic (exact) mass is 450 g/mol. The average Bonchev–Trinajstić information content (AvgIpc) is 3.57. The molecule has 0 aliphatic carbocycles. The van der Waals surface area contributed by atoms with Crippen molar-refractivity contribution >= 4 is 11.9 Å². The molecule has 0 spiro atoms. The molecule has 0 bridgehead atoms. The van der Waals surface area contributed by atoms with Gasteiger partial charge in [-0.15, -0.1) is 0 Å². The molecule has 6 heteroatoms. The predicted molar refractivity (Wildman–Crippen MR) is 125 cm³/mol. The summed E-state index contributed by atoms with van der Waals surface area (Å²) in [6.07, 6.45) is 3.01. The average molecular weight is 450 g/mol. The van der Waals surface area contributed by atoms with Gasteiger partial charge in [-0.3, -0.25) is 0 Å². The normalized spacial score (nSPS) is 10.6. The summed E-state index contributed by atoms with van der Waals surface area (Å²) in [5, 5.41) is 0. The number of hydrogen-bond donors (Lipinski definition) is 0. The highest BCUT2D eigenvalue weighted by Gasteiger charge is 2.17. The molecule has 5 aromatic rings. The van der Waals surface area contributed by atoms with Crippen molar-refractivity contribution < 1.29 is 27.9 Å². The zero-order valence-corrected chi connectivity index (χ0v) is 17.8. The Bertz CT molecular complexity index is 1300. The Hall–Kier alpha value is -4.84. The van der Waals surface area contributed by atoms with Crippen molar-refractivity contribution in [2.75, 3.05) is 0 Å². The highest BCUT2D eigenvalue weighted by molar-refractivity contribution is 5.90. The van der Waals surface area contributed by atoms with E-state index in [0.717, 1.165) is 22.3 Å². The minimum Gasteiger partial charge on any atom is -0.457 e. The number of carbonyl (C=O) groups excluding carboxylic acids is 2. The quantitative estimate of drug-likeness (QED) is 0.213. The second kappa shape index (κ2) is 9.34. The molecule has 0 fully saturated rings. The van der Waals surface area contributed by atoms with Crippen molar-refractivity contribution in [2.24, 2.45) is 0 Å². The number of ether oxygens (including phenoxy) is 2. The summed E-state index contributed by atoms with van der Waals surface area (Å²) in [5.41, 5.74) is 3.43. The summed E-state index contributed by atoms with van der Waals surface area (Å²) >= 11 is 0. The third-order valence-electron chi connectivity index (χ3n) is 5.06. The van der Waals surface area contributed by atoms with Crippen molar-refractivity contribution in [3.63, 3.8) is 0 Å². The lowest BCUT2D eigenvalue weighted by Crippen LogP contribution is -2.08. The van der Waals surface area contributed by atoms with Crippen LogP contribution < -0.4 is 9.47 Å². The lowest BCUT2D eigenvalue weighted by molar-refractivity contribution is 0.0687. The second-order valence-electron chi connectivity index (χ2n) is 7.38. The number of rotatable bonds is 6. The van der Waals surface area contributed by atoms with Gasteiger partial charge < -0.3 is 18.3 Å². The Morgan fingerprint density at radius 1 is 0.500 bits per heavy atom. The molecule has 5 rings (SSSR count). The summed E-state index contributed by atoms with van der Waals surface area (Å²) in [7, 11) is 0. The van der Waals surface area contributed by atoms with Crippen LogP contribution in [0.15, 0.2) is 118 Å². The van der Waals surface area contributed by atoms with Gasteiger partial charge in [-0.2, -0.15) is 0 Å². The number of hydrogen-bond acceptors (Lipinski definition) is 6. The maximum atomic E-state index is 12.4. The van der Waals surface area contributed by atoms with Gasteiger partial charge >= 0.3 is 11.9 Å². The van der Waals surface area contributed by atoms with E-state index >= 15 is 0 Å². The van der Waals surface area contributed by atoms with Gasteiger partial charge in [0.05, 0.1) is 12.5 Å². The molecular formula is C28H18O6. The molecule has 0 radical (unpaired) electrons. The Labute approximate surface area is 195 Å². The minimum atomic E-state index is -0.629. The zero-order valence-electron chi connectivity index (χ0n) is 17.8. The van der Waals surface area contributed by atoms with Gasteiger partial charge in [-0.05, 0) is 47.5 Å². The van der Waals surface area contributed by atoms with Crippen LogP contribution in [0, 0.1) is 0 Å². The van der Waals surface area contributed by atoms with Crippen LogP contribution in [-0.2, 0) is 0 Å². The van der Waals surface area contributed by atoms with E-state index in [1.54, 1.807) is 12.1 Å². The van der Waals surface area contributed by atoms with Crippen LogP contribution in [0.25, 0.3) is 22.3 Å². The Morgan fingerprint density at radius 2 is 0.882 bits per heavy atom. The molecular weight excluding hydrogens is 432 g/mol. The van der Waals surface area contributed by atoms with E-state index < -0.39 is 11.9 Å². The fourth-order valence-electron chi connectivity index (χ4n) is 3.34. The lowest BCUT2D eigenvalue weighted by atomic mass is 10.1. The summed E-state index contributed by atoms with van der Waals surface area (Å²) in [6.45, 7) is 0. The lowest BCUT2D eigenvalue weighted by Gasteiger charge is -2.05. The first kappa shape index (κ1) is 21.0. The number of benzene rings is 3. The number of carbonyl (C=O) groups is 2. The van der Waals surface area contributed by atoms with Gasteiger partial charge in [-0.25, -0.2) is 9.59 Å². The van der Waals surface area contributed by atoms with Gasteiger partial charge in [0, 0.05) is 11.1 Å². The molecule has 0 aliphatic heterocycles. The molecule has 0 aliphatic rings. The van der Waals surface area contributed by atoms with Crippen LogP contribution in [0.3, 0.4) is 0 Å². The van der Waals surface area contributed by atoms with E-state index in [-0.39, 0.29) is 23.0 Å². The molecule has 0 saturated heterocycles. The highest BCUT2D eigenvalue weighted by atomic mass is 16.6. The van der Waals surface area contributed by atoms with Crippen LogP contribution in [0.1, 0.15) is 21.1 Å². The SMILES string of the molecule is O=C(Oc1ccc(OC(=O)c2cc(-c3ccccc3)co2)cc1)c1cc(-c2ccccc2)co1. The van der Waals surface area contributed by atoms with Crippen molar-refractivity contribution in [2.45, 2.75) is 0 Å². The fraction of sp³-hybridized carbons (Fsp3) is 0. The zero-order chi connectivity index (χ0) is 23.3. The van der Waals surface area contributed by atoms with Gasteiger partial charge in [0.15, 0.2) is 0 Å². The van der Waals surface area contributed by atoms with Crippen LogP contribution in [0.2, 0.25) is 0 Å². The Kier molecular flexibility index (Phi) is 5.78. The highest BCUT2D eigenvalue weighted by Crippen LogP contribution is 2.25. The third-order valence-corrected chi connectivity index (χ3v) is 5.06. The predicted octanol–water partition coefficient (Wildman–Crippen LogP) is 6.65. The van der Waals surface area contributed by atoms with Crippen LogP contribution >= 0.6 is 0 Å². The van der Waals surface area contributed by atoms with Gasteiger partial charge in [-0.1, -0.05) is 60.7 Å². The maximum Gasteiger partial charge on any atom is 0.379 e. The van der Waals surface area contributed by atoms with Gasteiger partial charge in [0.25, 0.3) is 0 Å². The van der Waals surface area contributed by atoms with Crippen molar-refractivity contribution in [3.05, 3.63) is 121 Å². The minimum absolute atomic E-state index is 0.0846. The Morgan fingerprint density at radius 3 is 1.26 bits per heavy atom. The summed E-state index contributed by atoms with van der Waals surface area (Å²) in [5.74, 6) is -0.520. The first-order valence-corrected chi connectivity index (χ1v) is 10.5. The molecule has 3 aromatic carbocycles. The van der Waals surface area contributed by atoms with Gasteiger partial charge in [0.1, 0.15) is 11.5 Å².